The Labute approximate surface area is 114 Å². The highest BCUT2D eigenvalue weighted by Gasteiger charge is 2.27. The second-order valence-electron chi connectivity index (χ2n) is 5.83. The minimum Gasteiger partial charge on any atom is -0.384 e. The Kier molecular flexibility index (Phi) is 3.80. The fraction of sp³-hybridized carbons (Fsp3) is 0.533. The molecule has 1 aliphatic carbocycles. The molecule has 1 aromatic rings. The molecular formula is C15H22N2O2. The molecule has 0 aromatic heterocycles. The molecule has 3 N–H and O–H groups in total. The fourth-order valence-corrected chi connectivity index (χ4v) is 2.80. The first-order valence-corrected chi connectivity index (χ1v) is 6.62. The lowest BCUT2D eigenvalue weighted by molar-refractivity contribution is 0.146. The van der Waals surface area contributed by atoms with E-state index in [0.717, 1.165) is 12.8 Å². The van der Waals surface area contributed by atoms with Gasteiger partial charge < -0.3 is 15.8 Å². The predicted octanol–water partition coefficient (Wildman–Crippen LogP) is 2.27. The number of ether oxygens (including phenoxy) is 1. The minimum absolute atomic E-state index is 0.00101. The van der Waals surface area contributed by atoms with Crippen molar-refractivity contribution in [3.63, 3.8) is 0 Å². The van der Waals surface area contributed by atoms with E-state index in [9.17, 15) is 4.79 Å². The number of benzene rings is 1. The van der Waals surface area contributed by atoms with Crippen molar-refractivity contribution in [1.82, 2.24) is 5.32 Å². The molecule has 0 saturated heterocycles. The van der Waals surface area contributed by atoms with Gasteiger partial charge in [-0.1, -0.05) is 32.0 Å². The molecule has 0 bridgehead atoms. The molecular weight excluding hydrogens is 240 g/mol. The number of hydrogen-bond acceptors (Lipinski definition) is 2. The average molecular weight is 262 g/mol. The van der Waals surface area contributed by atoms with Gasteiger partial charge >= 0.3 is 6.03 Å². The van der Waals surface area contributed by atoms with E-state index in [4.69, 9.17) is 10.5 Å². The van der Waals surface area contributed by atoms with Gasteiger partial charge in [-0.15, -0.1) is 0 Å². The van der Waals surface area contributed by atoms with E-state index in [-0.39, 0.29) is 11.5 Å². The summed E-state index contributed by atoms with van der Waals surface area (Å²) in [4.78, 5) is 11.0. The van der Waals surface area contributed by atoms with Crippen molar-refractivity contribution < 1.29 is 9.53 Å². The maximum atomic E-state index is 11.0. The summed E-state index contributed by atoms with van der Waals surface area (Å²) in [6.07, 6.45) is 1.91. The van der Waals surface area contributed by atoms with Crippen molar-refractivity contribution in [3.8, 4) is 0 Å². The number of methoxy groups -OCH3 is 1. The third-order valence-corrected chi connectivity index (χ3v) is 3.82. The van der Waals surface area contributed by atoms with Gasteiger partial charge in [-0.25, -0.2) is 4.79 Å². The van der Waals surface area contributed by atoms with Gasteiger partial charge in [0, 0.05) is 12.5 Å². The van der Waals surface area contributed by atoms with Gasteiger partial charge in [-0.2, -0.15) is 0 Å². The summed E-state index contributed by atoms with van der Waals surface area (Å²) in [6.45, 7) is 5.04. The molecule has 1 aliphatic rings. The van der Waals surface area contributed by atoms with Gasteiger partial charge in [0.15, 0.2) is 0 Å². The topological polar surface area (TPSA) is 64.3 Å². The first-order chi connectivity index (χ1) is 8.94. The number of hydrogen-bond donors (Lipinski definition) is 2. The molecule has 0 spiro atoms. The Bertz CT molecular complexity index is 483. The third-order valence-electron chi connectivity index (χ3n) is 3.82. The Morgan fingerprint density at radius 1 is 1.53 bits per heavy atom. The molecule has 0 fully saturated rings. The van der Waals surface area contributed by atoms with Crippen LogP contribution in [0.25, 0.3) is 0 Å². The molecule has 0 aliphatic heterocycles. The Balaban J connectivity index is 2.24. The van der Waals surface area contributed by atoms with Crippen LogP contribution in [0, 0.1) is 0 Å². The van der Waals surface area contributed by atoms with Gasteiger partial charge in [0.1, 0.15) is 0 Å². The monoisotopic (exact) mass is 262 g/mol. The summed E-state index contributed by atoms with van der Waals surface area (Å²) >= 11 is 0. The van der Waals surface area contributed by atoms with E-state index in [1.807, 2.05) is 0 Å². The van der Waals surface area contributed by atoms with E-state index >= 15 is 0 Å². The van der Waals surface area contributed by atoms with Crippen molar-refractivity contribution in [1.29, 1.82) is 0 Å². The number of nitrogens with one attached hydrogen (secondary N) is 1. The maximum Gasteiger partial charge on any atom is 0.312 e. The van der Waals surface area contributed by atoms with E-state index in [1.165, 1.54) is 16.7 Å². The Hall–Kier alpha value is -1.55. The number of primary amides is 1. The van der Waals surface area contributed by atoms with Crippen LogP contribution in [-0.4, -0.2) is 19.7 Å². The second-order valence-corrected chi connectivity index (χ2v) is 5.83. The summed E-state index contributed by atoms with van der Waals surface area (Å²) in [6, 6.07) is 6.07. The predicted molar refractivity (Wildman–Crippen MR) is 75.1 cm³/mol. The van der Waals surface area contributed by atoms with E-state index in [0.29, 0.717) is 6.61 Å². The molecule has 4 nitrogen and oxygen atoms in total. The molecule has 4 heteroatoms. The number of amides is 2. The Morgan fingerprint density at radius 3 is 2.89 bits per heavy atom. The van der Waals surface area contributed by atoms with Gasteiger partial charge in [-0.05, 0) is 29.5 Å². The van der Waals surface area contributed by atoms with E-state index in [2.05, 4.69) is 37.4 Å². The van der Waals surface area contributed by atoms with Crippen LogP contribution in [0.2, 0.25) is 0 Å². The SMILES string of the molecule is COCC(C)(C)c1ccc2c(c1)CCC2NC(N)=O. The summed E-state index contributed by atoms with van der Waals surface area (Å²) in [7, 11) is 1.72. The summed E-state index contributed by atoms with van der Waals surface area (Å²) in [5, 5.41) is 2.80. The molecule has 1 atom stereocenters. The molecule has 104 valence electrons. The van der Waals surface area contributed by atoms with Gasteiger partial charge in [0.05, 0.1) is 12.6 Å². The van der Waals surface area contributed by atoms with Crippen molar-refractivity contribution in [2.24, 2.45) is 5.73 Å². The fourth-order valence-electron chi connectivity index (χ4n) is 2.80. The lowest BCUT2D eigenvalue weighted by atomic mass is 9.84. The van der Waals surface area contributed by atoms with E-state index < -0.39 is 6.03 Å². The number of fused-ring (bicyclic) bond motifs is 1. The summed E-state index contributed by atoms with van der Waals surface area (Å²) in [5.74, 6) is 0. The van der Waals surface area contributed by atoms with Crippen LogP contribution in [0.4, 0.5) is 4.79 Å². The van der Waals surface area contributed by atoms with Crippen LogP contribution in [0.15, 0.2) is 18.2 Å². The van der Waals surface area contributed by atoms with Crippen LogP contribution in [0.5, 0.6) is 0 Å². The largest absolute Gasteiger partial charge is 0.384 e. The highest BCUT2D eigenvalue weighted by molar-refractivity contribution is 5.72. The molecule has 0 heterocycles. The third kappa shape index (κ3) is 2.89. The first-order valence-electron chi connectivity index (χ1n) is 6.62. The molecule has 2 amide bonds. The quantitative estimate of drug-likeness (QED) is 0.874. The van der Waals surface area contributed by atoms with Crippen LogP contribution in [0.3, 0.4) is 0 Å². The second kappa shape index (κ2) is 5.21. The molecule has 2 rings (SSSR count). The number of carbonyl (C=O) groups excluding carboxylic acids is 1. The van der Waals surface area contributed by atoms with Crippen molar-refractivity contribution in [2.45, 2.75) is 38.1 Å². The van der Waals surface area contributed by atoms with Crippen LogP contribution in [0.1, 0.15) is 43.0 Å². The summed E-state index contributed by atoms with van der Waals surface area (Å²) in [5.41, 5.74) is 8.97. The highest BCUT2D eigenvalue weighted by atomic mass is 16.5. The van der Waals surface area contributed by atoms with Gasteiger partial charge in [0.2, 0.25) is 0 Å². The van der Waals surface area contributed by atoms with Crippen molar-refractivity contribution in [3.05, 3.63) is 34.9 Å². The summed E-state index contributed by atoms with van der Waals surface area (Å²) < 4.78 is 5.28. The molecule has 1 aromatic carbocycles. The normalized spacial score (nSPS) is 18.2. The lowest BCUT2D eigenvalue weighted by Crippen LogP contribution is -2.32. The maximum absolute atomic E-state index is 11.0. The molecule has 0 radical (unpaired) electrons. The average Bonchev–Trinajstić information content (AvgIpc) is 2.71. The Morgan fingerprint density at radius 2 is 2.26 bits per heavy atom. The van der Waals surface area contributed by atoms with E-state index in [1.54, 1.807) is 7.11 Å². The zero-order chi connectivity index (χ0) is 14.0. The van der Waals surface area contributed by atoms with Gasteiger partial charge in [-0.3, -0.25) is 0 Å². The minimum atomic E-state index is -0.457. The molecule has 0 saturated carbocycles. The molecule has 1 unspecified atom stereocenters. The van der Waals surface area contributed by atoms with Crippen LogP contribution in [-0.2, 0) is 16.6 Å². The number of urea groups is 1. The number of aryl methyl sites for hydroxylation is 1. The highest BCUT2D eigenvalue weighted by Crippen LogP contribution is 2.34. The van der Waals surface area contributed by atoms with Gasteiger partial charge in [0.25, 0.3) is 0 Å². The number of nitrogens with two attached hydrogens (primary N) is 1. The zero-order valence-electron chi connectivity index (χ0n) is 11.8. The van der Waals surface area contributed by atoms with Crippen molar-refractivity contribution in [2.75, 3.05) is 13.7 Å². The van der Waals surface area contributed by atoms with Crippen LogP contribution >= 0.6 is 0 Å². The smallest absolute Gasteiger partial charge is 0.312 e. The van der Waals surface area contributed by atoms with Crippen LogP contribution < -0.4 is 11.1 Å². The zero-order valence-corrected chi connectivity index (χ0v) is 11.8. The first kappa shape index (κ1) is 13.9. The number of rotatable bonds is 4. The standard InChI is InChI=1S/C15H22N2O2/c1-15(2,9-19-3)11-5-6-12-10(8-11)4-7-13(12)17-14(16)18/h5-6,8,13H,4,7,9H2,1-3H3,(H3,16,17,18). The number of carbonyl (C=O) groups is 1. The molecule has 19 heavy (non-hydrogen) atoms. The lowest BCUT2D eigenvalue weighted by Gasteiger charge is -2.25. The van der Waals surface area contributed by atoms with Crippen molar-refractivity contribution >= 4 is 6.03 Å².